The molecule has 5 N–H and O–H groups in total. The molecule has 4 nitrogen and oxygen atoms in total. The molecule has 1 atom stereocenters. The minimum atomic E-state index is -2.71. The highest BCUT2D eigenvalue weighted by molar-refractivity contribution is 14.0. The second-order valence-electron chi connectivity index (χ2n) is 1.70. The minimum absolute atomic E-state index is 0. The van der Waals surface area contributed by atoms with E-state index < -0.39 is 12.0 Å². The second-order valence-corrected chi connectivity index (χ2v) is 1.70. The van der Waals surface area contributed by atoms with E-state index in [1.807, 2.05) is 0 Å². The predicted molar refractivity (Wildman–Crippen MR) is 43.1 cm³/mol. The molecule has 0 saturated carbocycles. The quantitative estimate of drug-likeness (QED) is 0.372. The van der Waals surface area contributed by atoms with Crippen molar-refractivity contribution in [2.24, 2.45) is 5.73 Å². The van der Waals surface area contributed by atoms with Gasteiger partial charge in [0.25, 0.3) is 5.97 Å². The molecule has 0 heterocycles. The number of rotatable bonds is 2. The number of hydrogen-bond donors (Lipinski definition) is 4. The fourth-order valence-corrected chi connectivity index (χ4v) is 0.274. The minimum Gasteiger partial charge on any atom is -0.342 e. The van der Waals surface area contributed by atoms with Crippen molar-refractivity contribution in [3.63, 3.8) is 0 Å². The Morgan fingerprint density at radius 2 is 1.78 bits per heavy atom. The second kappa shape index (κ2) is 4.40. The van der Waals surface area contributed by atoms with Gasteiger partial charge in [-0.3, -0.25) is 0 Å². The van der Waals surface area contributed by atoms with Crippen LogP contribution in [0.5, 0.6) is 0 Å². The van der Waals surface area contributed by atoms with Gasteiger partial charge in [-0.25, -0.2) is 0 Å². The van der Waals surface area contributed by atoms with Gasteiger partial charge >= 0.3 is 0 Å². The Labute approximate surface area is 70.7 Å². The molecule has 0 aromatic heterocycles. The zero-order chi connectivity index (χ0) is 6.78. The standard InChI is InChI=1S/C4H11NO3.HI/c1-2-3(5)4(6,7)8;/h3,6-8H,2,5H2,1H3;1H. The van der Waals surface area contributed by atoms with E-state index in [-0.39, 0.29) is 24.0 Å². The van der Waals surface area contributed by atoms with Crippen LogP contribution in [0.3, 0.4) is 0 Å². The van der Waals surface area contributed by atoms with Crippen LogP contribution in [0.15, 0.2) is 0 Å². The van der Waals surface area contributed by atoms with Crippen LogP contribution >= 0.6 is 24.0 Å². The van der Waals surface area contributed by atoms with Gasteiger partial charge in [0.05, 0.1) is 6.04 Å². The Kier molecular flexibility index (Phi) is 5.99. The molecule has 5 heteroatoms. The summed E-state index contributed by atoms with van der Waals surface area (Å²) in [5.41, 5.74) is 5.00. The topological polar surface area (TPSA) is 86.7 Å². The van der Waals surface area contributed by atoms with Crippen molar-refractivity contribution in [2.45, 2.75) is 25.4 Å². The number of halogens is 1. The van der Waals surface area contributed by atoms with Crippen molar-refractivity contribution in [3.8, 4) is 0 Å². The third kappa shape index (κ3) is 5.04. The van der Waals surface area contributed by atoms with E-state index in [2.05, 4.69) is 0 Å². The van der Waals surface area contributed by atoms with Crippen molar-refractivity contribution in [3.05, 3.63) is 0 Å². The molecule has 0 saturated heterocycles. The highest BCUT2D eigenvalue weighted by atomic mass is 127. The summed E-state index contributed by atoms with van der Waals surface area (Å²) in [6, 6.07) is -0.984. The first-order valence-corrected chi connectivity index (χ1v) is 2.41. The van der Waals surface area contributed by atoms with Crippen molar-refractivity contribution < 1.29 is 15.3 Å². The Bertz CT molecular complexity index is 72.7. The van der Waals surface area contributed by atoms with E-state index in [9.17, 15) is 0 Å². The molecule has 0 aliphatic carbocycles. The predicted octanol–water partition coefficient (Wildman–Crippen LogP) is -1.03. The monoisotopic (exact) mass is 249 g/mol. The van der Waals surface area contributed by atoms with Crippen molar-refractivity contribution in [1.82, 2.24) is 0 Å². The van der Waals surface area contributed by atoms with Crippen LogP contribution in [-0.2, 0) is 0 Å². The Hall–Kier alpha value is 0.570. The van der Waals surface area contributed by atoms with Gasteiger partial charge < -0.3 is 21.1 Å². The third-order valence-electron chi connectivity index (χ3n) is 0.937. The summed E-state index contributed by atoms with van der Waals surface area (Å²) in [6.45, 7) is 1.64. The van der Waals surface area contributed by atoms with E-state index in [1.165, 1.54) is 0 Å². The summed E-state index contributed by atoms with van der Waals surface area (Å²) < 4.78 is 0. The van der Waals surface area contributed by atoms with Gasteiger partial charge in [-0.15, -0.1) is 24.0 Å². The maximum absolute atomic E-state index is 8.27. The van der Waals surface area contributed by atoms with E-state index in [0.29, 0.717) is 6.42 Å². The van der Waals surface area contributed by atoms with Gasteiger partial charge in [0.15, 0.2) is 0 Å². The molecule has 0 amide bonds. The molecule has 0 aliphatic rings. The van der Waals surface area contributed by atoms with Crippen LogP contribution in [0.25, 0.3) is 0 Å². The van der Waals surface area contributed by atoms with Crippen LogP contribution in [0.4, 0.5) is 0 Å². The van der Waals surface area contributed by atoms with Gasteiger partial charge in [0.1, 0.15) is 0 Å². The zero-order valence-electron chi connectivity index (χ0n) is 5.11. The van der Waals surface area contributed by atoms with Crippen LogP contribution in [0, 0.1) is 0 Å². The van der Waals surface area contributed by atoms with Crippen molar-refractivity contribution >= 4 is 24.0 Å². The summed E-state index contributed by atoms with van der Waals surface area (Å²) in [6.07, 6.45) is 0.323. The maximum Gasteiger partial charge on any atom is 0.291 e. The van der Waals surface area contributed by atoms with Crippen LogP contribution in [0.1, 0.15) is 13.3 Å². The molecule has 0 rings (SSSR count). The van der Waals surface area contributed by atoms with E-state index in [0.717, 1.165) is 0 Å². The van der Waals surface area contributed by atoms with Gasteiger partial charge in [0.2, 0.25) is 0 Å². The van der Waals surface area contributed by atoms with Crippen LogP contribution in [0.2, 0.25) is 0 Å². The summed E-state index contributed by atoms with van der Waals surface area (Å²) in [4.78, 5) is 0. The molecule has 0 bridgehead atoms. The Balaban J connectivity index is 0. The molecule has 0 spiro atoms. The molecule has 0 radical (unpaired) electrons. The first-order valence-electron chi connectivity index (χ1n) is 2.41. The van der Waals surface area contributed by atoms with Gasteiger partial charge in [0, 0.05) is 0 Å². The van der Waals surface area contributed by atoms with Crippen molar-refractivity contribution in [1.29, 1.82) is 0 Å². The van der Waals surface area contributed by atoms with Crippen LogP contribution < -0.4 is 5.73 Å². The highest BCUT2D eigenvalue weighted by Crippen LogP contribution is 2.00. The lowest BCUT2D eigenvalue weighted by molar-refractivity contribution is -0.322. The van der Waals surface area contributed by atoms with Gasteiger partial charge in [-0.2, -0.15) is 0 Å². The van der Waals surface area contributed by atoms with Crippen LogP contribution in [-0.4, -0.2) is 27.3 Å². The molecular formula is C4H12INO3. The summed E-state index contributed by atoms with van der Waals surface area (Å²) in [5.74, 6) is -2.71. The average Bonchev–Trinajstić information content (AvgIpc) is 1.62. The van der Waals surface area contributed by atoms with Crippen molar-refractivity contribution in [2.75, 3.05) is 0 Å². The lowest BCUT2D eigenvalue weighted by atomic mass is 10.2. The smallest absolute Gasteiger partial charge is 0.291 e. The summed E-state index contributed by atoms with van der Waals surface area (Å²) in [5, 5.41) is 24.8. The number of nitrogens with two attached hydrogens (primary N) is 1. The highest BCUT2D eigenvalue weighted by Gasteiger charge is 2.26. The first kappa shape index (κ1) is 12.3. The fourth-order valence-electron chi connectivity index (χ4n) is 0.274. The lowest BCUT2D eigenvalue weighted by Gasteiger charge is -2.19. The lowest BCUT2D eigenvalue weighted by Crippen LogP contribution is -2.47. The molecule has 0 aromatic carbocycles. The summed E-state index contributed by atoms with van der Waals surface area (Å²) >= 11 is 0. The van der Waals surface area contributed by atoms with E-state index >= 15 is 0 Å². The Morgan fingerprint density at radius 1 is 1.44 bits per heavy atom. The number of aliphatic hydroxyl groups is 3. The fraction of sp³-hybridized carbons (Fsp3) is 1.00. The Morgan fingerprint density at radius 3 is 1.78 bits per heavy atom. The average molecular weight is 249 g/mol. The number of hydrogen-bond acceptors (Lipinski definition) is 4. The largest absolute Gasteiger partial charge is 0.342 e. The molecule has 0 fully saturated rings. The first-order chi connectivity index (χ1) is 3.48. The van der Waals surface area contributed by atoms with Gasteiger partial charge in [-0.05, 0) is 6.42 Å². The van der Waals surface area contributed by atoms with E-state index in [1.54, 1.807) is 6.92 Å². The molecule has 58 valence electrons. The maximum atomic E-state index is 8.27. The van der Waals surface area contributed by atoms with Gasteiger partial charge in [-0.1, -0.05) is 6.92 Å². The van der Waals surface area contributed by atoms with E-state index in [4.69, 9.17) is 21.1 Å². The molecule has 0 aliphatic heterocycles. The molecule has 0 aromatic rings. The normalized spacial score (nSPS) is 14.3. The summed E-state index contributed by atoms with van der Waals surface area (Å²) in [7, 11) is 0. The zero-order valence-corrected chi connectivity index (χ0v) is 7.44. The molecule has 9 heavy (non-hydrogen) atoms. The SMILES string of the molecule is CCC(N)C(O)(O)O.I. The third-order valence-corrected chi connectivity index (χ3v) is 0.937. The molecular weight excluding hydrogens is 237 g/mol. The molecule has 1 unspecified atom stereocenters.